The molecule has 1 aromatic rings. The van der Waals surface area contributed by atoms with Crippen molar-refractivity contribution in [3.8, 4) is 0 Å². The number of nitrogens with one attached hydrogen (secondary N) is 1. The predicted molar refractivity (Wildman–Crippen MR) is 70.8 cm³/mol. The van der Waals surface area contributed by atoms with E-state index in [2.05, 4.69) is 5.32 Å². The largest absolute Gasteiger partial charge is 0.350 e. The zero-order valence-corrected chi connectivity index (χ0v) is 11.1. The van der Waals surface area contributed by atoms with Crippen molar-refractivity contribution < 1.29 is 14.1 Å². The second-order valence-corrected chi connectivity index (χ2v) is 5.09. The van der Waals surface area contributed by atoms with Crippen LogP contribution in [0.2, 0.25) is 0 Å². The predicted octanol–water partition coefficient (Wildman–Crippen LogP) is 1.51. The zero-order valence-electron chi connectivity index (χ0n) is 11.1. The van der Waals surface area contributed by atoms with Crippen LogP contribution in [-0.4, -0.2) is 23.4 Å². The first-order valence-electron chi connectivity index (χ1n) is 6.38. The molecule has 2 rings (SSSR count). The third kappa shape index (κ3) is 3.11. The number of halogens is 1. The Morgan fingerprint density at radius 3 is 2.80 bits per heavy atom. The van der Waals surface area contributed by atoms with Gasteiger partial charge in [0.2, 0.25) is 0 Å². The number of nitrogens with zero attached hydrogens (tertiary/aromatic N) is 1. The average molecular weight is 281 g/mol. The van der Waals surface area contributed by atoms with Gasteiger partial charge in [-0.15, -0.1) is 0 Å². The number of nitro benzene ring substituents is 1. The zero-order chi connectivity index (χ0) is 14.9. The van der Waals surface area contributed by atoms with Crippen molar-refractivity contribution in [3.63, 3.8) is 0 Å². The quantitative estimate of drug-likeness (QED) is 0.631. The van der Waals surface area contributed by atoms with Gasteiger partial charge in [0.25, 0.3) is 11.6 Å². The number of carbonyl (C=O) groups is 1. The van der Waals surface area contributed by atoms with Crippen LogP contribution in [0, 0.1) is 28.8 Å². The first-order chi connectivity index (χ1) is 9.40. The van der Waals surface area contributed by atoms with E-state index in [1.54, 1.807) is 0 Å². The monoisotopic (exact) mass is 281 g/mol. The average Bonchev–Trinajstić information content (AvgIpc) is 3.17. The van der Waals surface area contributed by atoms with Gasteiger partial charge in [-0.1, -0.05) is 0 Å². The second kappa shape index (κ2) is 5.54. The van der Waals surface area contributed by atoms with E-state index in [0.717, 1.165) is 25.0 Å². The van der Waals surface area contributed by atoms with E-state index in [1.165, 1.54) is 6.92 Å². The molecule has 1 atom stereocenters. The normalized spacial score (nSPS) is 15.8. The van der Waals surface area contributed by atoms with Crippen molar-refractivity contribution in [1.82, 2.24) is 5.32 Å². The van der Waals surface area contributed by atoms with Crippen molar-refractivity contribution in [2.75, 3.05) is 6.54 Å². The van der Waals surface area contributed by atoms with Crippen LogP contribution in [0.4, 0.5) is 10.1 Å². The summed E-state index contributed by atoms with van der Waals surface area (Å²) in [7, 11) is 0. The van der Waals surface area contributed by atoms with E-state index in [4.69, 9.17) is 5.73 Å². The van der Waals surface area contributed by atoms with Crippen molar-refractivity contribution >= 4 is 11.6 Å². The Bertz CT molecular complexity index is 558. The van der Waals surface area contributed by atoms with Gasteiger partial charge < -0.3 is 11.1 Å². The minimum Gasteiger partial charge on any atom is -0.350 e. The van der Waals surface area contributed by atoms with Gasteiger partial charge in [-0.25, -0.2) is 4.39 Å². The molecular formula is C13H16FN3O3. The number of amides is 1. The van der Waals surface area contributed by atoms with Gasteiger partial charge in [0.15, 0.2) is 0 Å². The molecule has 3 N–H and O–H groups in total. The van der Waals surface area contributed by atoms with Crippen LogP contribution >= 0.6 is 0 Å². The van der Waals surface area contributed by atoms with Crippen molar-refractivity contribution in [2.24, 2.45) is 11.7 Å². The SMILES string of the molecule is Cc1cc(F)cc(C(=O)NCC(N)C2CC2)c1[N+](=O)[O-]. The Morgan fingerprint density at radius 2 is 2.25 bits per heavy atom. The molecule has 108 valence electrons. The molecule has 0 aliphatic heterocycles. The van der Waals surface area contributed by atoms with E-state index in [0.29, 0.717) is 5.92 Å². The molecule has 6 nitrogen and oxygen atoms in total. The number of carbonyl (C=O) groups excluding carboxylic acids is 1. The van der Waals surface area contributed by atoms with Crippen LogP contribution in [0.15, 0.2) is 12.1 Å². The molecule has 0 radical (unpaired) electrons. The van der Waals surface area contributed by atoms with Gasteiger partial charge in [-0.05, 0) is 37.8 Å². The molecule has 20 heavy (non-hydrogen) atoms. The number of nitro groups is 1. The lowest BCUT2D eigenvalue weighted by Crippen LogP contribution is -2.38. The Labute approximate surface area is 115 Å². The standard InChI is InChI=1S/C13H16FN3O3/c1-7-4-9(14)5-10(12(7)17(19)20)13(18)16-6-11(15)8-2-3-8/h4-5,8,11H,2-3,6,15H2,1H3,(H,16,18). The summed E-state index contributed by atoms with van der Waals surface area (Å²) < 4.78 is 13.3. The fraction of sp³-hybridized carbons (Fsp3) is 0.462. The number of benzene rings is 1. The van der Waals surface area contributed by atoms with Crippen LogP contribution in [0.3, 0.4) is 0 Å². The van der Waals surface area contributed by atoms with Gasteiger partial charge in [0.05, 0.1) is 4.92 Å². The highest BCUT2D eigenvalue weighted by atomic mass is 19.1. The molecule has 7 heteroatoms. The third-order valence-electron chi connectivity index (χ3n) is 3.42. The molecule has 1 aliphatic rings. The summed E-state index contributed by atoms with van der Waals surface area (Å²) in [6.07, 6.45) is 2.08. The maximum absolute atomic E-state index is 13.3. The summed E-state index contributed by atoms with van der Waals surface area (Å²) in [5.41, 5.74) is 5.32. The summed E-state index contributed by atoms with van der Waals surface area (Å²) in [6.45, 7) is 1.63. The first-order valence-corrected chi connectivity index (χ1v) is 6.38. The minimum atomic E-state index is -0.676. The number of aryl methyl sites for hydroxylation is 1. The lowest BCUT2D eigenvalue weighted by Gasteiger charge is -2.12. The summed E-state index contributed by atoms with van der Waals surface area (Å²) in [5.74, 6) is -0.945. The van der Waals surface area contributed by atoms with Gasteiger partial charge in [0, 0.05) is 18.2 Å². The maximum Gasteiger partial charge on any atom is 0.285 e. The molecule has 0 aromatic heterocycles. The van der Waals surface area contributed by atoms with E-state index in [1.807, 2.05) is 0 Å². The maximum atomic E-state index is 13.3. The highest BCUT2D eigenvalue weighted by molar-refractivity contribution is 5.98. The summed E-state index contributed by atoms with van der Waals surface area (Å²) in [6, 6.07) is 1.75. The fourth-order valence-electron chi connectivity index (χ4n) is 2.15. The van der Waals surface area contributed by atoms with E-state index in [9.17, 15) is 19.3 Å². The Kier molecular flexibility index (Phi) is 3.99. The summed E-state index contributed by atoms with van der Waals surface area (Å²) in [4.78, 5) is 22.3. The highest BCUT2D eigenvalue weighted by Crippen LogP contribution is 2.31. The number of hydrogen-bond acceptors (Lipinski definition) is 4. The Hall–Kier alpha value is -2.02. The van der Waals surface area contributed by atoms with Crippen LogP contribution in [0.1, 0.15) is 28.8 Å². The lowest BCUT2D eigenvalue weighted by molar-refractivity contribution is -0.385. The molecule has 1 saturated carbocycles. The number of nitrogens with two attached hydrogens (primary N) is 1. The molecule has 1 unspecified atom stereocenters. The van der Waals surface area contributed by atoms with Gasteiger partial charge in [-0.2, -0.15) is 0 Å². The molecule has 1 aliphatic carbocycles. The molecule has 1 fully saturated rings. The molecule has 1 amide bonds. The topological polar surface area (TPSA) is 98.3 Å². The Balaban J connectivity index is 2.17. The molecule has 0 heterocycles. The third-order valence-corrected chi connectivity index (χ3v) is 3.42. The van der Waals surface area contributed by atoms with Crippen LogP contribution < -0.4 is 11.1 Å². The number of hydrogen-bond donors (Lipinski definition) is 2. The van der Waals surface area contributed by atoms with Crippen LogP contribution in [-0.2, 0) is 0 Å². The highest BCUT2D eigenvalue weighted by Gasteiger charge is 2.29. The van der Waals surface area contributed by atoms with Gasteiger partial charge in [-0.3, -0.25) is 14.9 Å². The molecule has 1 aromatic carbocycles. The molecule has 0 saturated heterocycles. The smallest absolute Gasteiger partial charge is 0.285 e. The lowest BCUT2D eigenvalue weighted by atomic mass is 10.1. The van der Waals surface area contributed by atoms with Crippen LogP contribution in [0.5, 0.6) is 0 Å². The van der Waals surface area contributed by atoms with E-state index in [-0.39, 0.29) is 29.4 Å². The van der Waals surface area contributed by atoms with Gasteiger partial charge in [0.1, 0.15) is 11.4 Å². The molecule has 0 spiro atoms. The van der Waals surface area contributed by atoms with E-state index >= 15 is 0 Å². The number of rotatable bonds is 5. The Morgan fingerprint density at radius 1 is 1.60 bits per heavy atom. The van der Waals surface area contributed by atoms with Gasteiger partial charge >= 0.3 is 0 Å². The molecule has 0 bridgehead atoms. The minimum absolute atomic E-state index is 0.117. The first kappa shape index (κ1) is 14.4. The summed E-state index contributed by atoms with van der Waals surface area (Å²) >= 11 is 0. The van der Waals surface area contributed by atoms with E-state index < -0.39 is 16.6 Å². The molecular weight excluding hydrogens is 265 g/mol. The van der Waals surface area contributed by atoms with Crippen molar-refractivity contribution in [3.05, 3.63) is 39.2 Å². The summed E-state index contributed by atoms with van der Waals surface area (Å²) in [5, 5.41) is 13.5. The fourth-order valence-corrected chi connectivity index (χ4v) is 2.15. The second-order valence-electron chi connectivity index (χ2n) is 5.09. The van der Waals surface area contributed by atoms with Crippen LogP contribution in [0.25, 0.3) is 0 Å². The van der Waals surface area contributed by atoms with Crippen molar-refractivity contribution in [2.45, 2.75) is 25.8 Å². The van der Waals surface area contributed by atoms with Crippen molar-refractivity contribution in [1.29, 1.82) is 0 Å².